The van der Waals surface area contributed by atoms with E-state index in [0.717, 1.165) is 4.47 Å². The number of hydrogen-bond donors (Lipinski definition) is 2. The van der Waals surface area contributed by atoms with E-state index in [4.69, 9.17) is 4.74 Å². The summed E-state index contributed by atoms with van der Waals surface area (Å²) in [6, 6.07) is 6.51. The van der Waals surface area contributed by atoms with Crippen LogP contribution in [0.4, 0.5) is 5.69 Å². The molecule has 1 heterocycles. The fraction of sp³-hybridized carbons (Fsp3) is 0.0833. The molecule has 0 saturated carbocycles. The van der Waals surface area contributed by atoms with Crippen LogP contribution in [0.25, 0.3) is 0 Å². The van der Waals surface area contributed by atoms with E-state index in [2.05, 4.69) is 21.2 Å². The van der Waals surface area contributed by atoms with E-state index in [-0.39, 0.29) is 11.7 Å². The maximum atomic E-state index is 11.9. The lowest BCUT2D eigenvalue weighted by atomic mass is 10.2. The Hall–Kier alpha value is -1.53. The second-order valence-corrected chi connectivity index (χ2v) is 5.21. The highest BCUT2D eigenvalue weighted by atomic mass is 79.9. The summed E-state index contributed by atoms with van der Waals surface area (Å²) < 4.78 is 5.68. The number of anilines is 1. The molecule has 0 spiro atoms. The molecular weight excluding hydrogens is 318 g/mol. The van der Waals surface area contributed by atoms with Gasteiger partial charge in [0, 0.05) is 16.2 Å². The Balaban J connectivity index is 2.17. The largest absolute Gasteiger partial charge is 0.504 e. The number of thiophene rings is 1. The predicted molar refractivity (Wildman–Crippen MR) is 74.6 cm³/mol. The van der Waals surface area contributed by atoms with Crippen LogP contribution in [0.5, 0.6) is 11.5 Å². The van der Waals surface area contributed by atoms with Gasteiger partial charge in [0.2, 0.25) is 0 Å². The van der Waals surface area contributed by atoms with Crippen LogP contribution in [0, 0.1) is 0 Å². The van der Waals surface area contributed by atoms with Gasteiger partial charge in [0.15, 0.2) is 11.5 Å². The molecule has 0 aliphatic carbocycles. The van der Waals surface area contributed by atoms with Crippen molar-refractivity contribution in [2.75, 3.05) is 12.4 Å². The van der Waals surface area contributed by atoms with E-state index in [0.29, 0.717) is 16.3 Å². The van der Waals surface area contributed by atoms with Crippen LogP contribution in [0.15, 0.2) is 34.1 Å². The van der Waals surface area contributed by atoms with Gasteiger partial charge in [-0.05, 0) is 39.5 Å². The SMILES string of the molecule is COc1ccc(NC(=O)c2sccc2Br)cc1O. The van der Waals surface area contributed by atoms with Gasteiger partial charge in [-0.25, -0.2) is 0 Å². The minimum Gasteiger partial charge on any atom is -0.504 e. The number of carbonyl (C=O) groups excluding carboxylic acids is 1. The zero-order valence-corrected chi connectivity index (χ0v) is 11.8. The number of ether oxygens (including phenoxy) is 1. The van der Waals surface area contributed by atoms with Gasteiger partial charge in [0.1, 0.15) is 4.88 Å². The molecule has 0 atom stereocenters. The summed E-state index contributed by atoms with van der Waals surface area (Å²) in [6.45, 7) is 0. The van der Waals surface area contributed by atoms with Crippen LogP contribution >= 0.6 is 27.3 Å². The van der Waals surface area contributed by atoms with Crippen molar-refractivity contribution in [1.82, 2.24) is 0 Å². The first-order chi connectivity index (χ1) is 8.61. The molecule has 6 heteroatoms. The third-order valence-corrected chi connectivity index (χ3v) is 4.10. The van der Waals surface area contributed by atoms with Crippen molar-refractivity contribution in [3.05, 3.63) is 39.0 Å². The molecule has 2 rings (SSSR count). The number of phenols is 1. The molecule has 0 aliphatic rings. The van der Waals surface area contributed by atoms with E-state index in [1.54, 1.807) is 12.1 Å². The Bertz CT molecular complexity index is 582. The number of benzene rings is 1. The Morgan fingerprint density at radius 2 is 2.22 bits per heavy atom. The summed E-state index contributed by atoms with van der Waals surface area (Å²) in [5.41, 5.74) is 0.513. The van der Waals surface area contributed by atoms with E-state index in [1.165, 1.54) is 24.5 Å². The molecule has 0 aliphatic heterocycles. The number of nitrogens with one attached hydrogen (secondary N) is 1. The average Bonchev–Trinajstić information content (AvgIpc) is 2.76. The number of phenolic OH excluding ortho intramolecular Hbond substituents is 1. The Morgan fingerprint density at radius 1 is 1.44 bits per heavy atom. The predicted octanol–water partition coefficient (Wildman–Crippen LogP) is 3.48. The van der Waals surface area contributed by atoms with Gasteiger partial charge in [-0.3, -0.25) is 4.79 Å². The normalized spacial score (nSPS) is 10.1. The maximum Gasteiger partial charge on any atom is 0.266 e. The fourth-order valence-electron chi connectivity index (χ4n) is 1.41. The van der Waals surface area contributed by atoms with E-state index < -0.39 is 0 Å². The Labute approximate surface area is 116 Å². The molecule has 1 amide bonds. The van der Waals surface area contributed by atoms with Gasteiger partial charge in [-0.1, -0.05) is 0 Å². The first-order valence-electron chi connectivity index (χ1n) is 5.03. The highest BCUT2D eigenvalue weighted by Crippen LogP contribution is 2.29. The molecule has 2 aromatic rings. The van der Waals surface area contributed by atoms with Crippen molar-refractivity contribution in [3.63, 3.8) is 0 Å². The summed E-state index contributed by atoms with van der Waals surface area (Å²) in [4.78, 5) is 12.5. The Morgan fingerprint density at radius 3 is 2.78 bits per heavy atom. The molecule has 4 nitrogen and oxygen atoms in total. The monoisotopic (exact) mass is 327 g/mol. The number of carbonyl (C=O) groups is 1. The summed E-state index contributed by atoms with van der Waals surface area (Å²) in [6.07, 6.45) is 0. The number of halogens is 1. The number of amides is 1. The Kier molecular flexibility index (Phi) is 3.88. The van der Waals surface area contributed by atoms with Gasteiger partial charge in [-0.2, -0.15) is 0 Å². The van der Waals surface area contributed by atoms with Gasteiger partial charge < -0.3 is 15.2 Å². The minimum atomic E-state index is -0.221. The maximum absolute atomic E-state index is 11.9. The molecule has 18 heavy (non-hydrogen) atoms. The quantitative estimate of drug-likeness (QED) is 0.907. The molecule has 0 saturated heterocycles. The van der Waals surface area contributed by atoms with E-state index in [9.17, 15) is 9.90 Å². The first-order valence-corrected chi connectivity index (χ1v) is 6.70. The van der Waals surface area contributed by atoms with Gasteiger partial charge in [-0.15, -0.1) is 11.3 Å². The number of methoxy groups -OCH3 is 1. The zero-order chi connectivity index (χ0) is 13.1. The number of aromatic hydroxyl groups is 1. The molecule has 0 radical (unpaired) electrons. The summed E-state index contributed by atoms with van der Waals surface area (Å²) in [5.74, 6) is 0.132. The highest BCUT2D eigenvalue weighted by molar-refractivity contribution is 9.10. The first kappa shape index (κ1) is 12.9. The number of hydrogen-bond acceptors (Lipinski definition) is 4. The van der Waals surface area contributed by atoms with E-state index >= 15 is 0 Å². The van der Waals surface area contributed by atoms with Gasteiger partial charge >= 0.3 is 0 Å². The van der Waals surface area contributed by atoms with Crippen LogP contribution in [0.1, 0.15) is 9.67 Å². The lowest BCUT2D eigenvalue weighted by Crippen LogP contribution is -2.10. The lowest BCUT2D eigenvalue weighted by molar-refractivity contribution is 0.103. The molecule has 1 aromatic carbocycles. The van der Waals surface area contributed by atoms with E-state index in [1.807, 2.05) is 11.4 Å². The topological polar surface area (TPSA) is 58.6 Å². The lowest BCUT2D eigenvalue weighted by Gasteiger charge is -2.07. The van der Waals surface area contributed by atoms with Crippen molar-refractivity contribution < 1.29 is 14.6 Å². The zero-order valence-electron chi connectivity index (χ0n) is 9.44. The molecule has 0 bridgehead atoms. The van der Waals surface area contributed by atoms with Crippen LogP contribution in [-0.2, 0) is 0 Å². The van der Waals surface area contributed by atoms with Crippen molar-refractivity contribution in [1.29, 1.82) is 0 Å². The molecule has 2 N–H and O–H groups in total. The summed E-state index contributed by atoms with van der Waals surface area (Å²) in [5, 5.41) is 14.1. The fourth-order valence-corrected chi connectivity index (χ4v) is 2.86. The van der Waals surface area contributed by atoms with Crippen molar-refractivity contribution in [2.24, 2.45) is 0 Å². The van der Waals surface area contributed by atoms with Crippen molar-refractivity contribution in [3.8, 4) is 11.5 Å². The van der Waals surface area contributed by atoms with Gasteiger partial charge in [0.25, 0.3) is 5.91 Å². The molecule has 94 valence electrons. The molecular formula is C12H10BrNO3S. The van der Waals surface area contributed by atoms with Crippen molar-refractivity contribution >= 4 is 38.9 Å². The second kappa shape index (κ2) is 5.41. The third-order valence-electron chi connectivity index (χ3n) is 2.26. The third kappa shape index (κ3) is 2.65. The van der Waals surface area contributed by atoms with Crippen LogP contribution in [0.3, 0.4) is 0 Å². The van der Waals surface area contributed by atoms with Crippen molar-refractivity contribution in [2.45, 2.75) is 0 Å². The molecule has 1 aromatic heterocycles. The van der Waals surface area contributed by atoms with Crippen LogP contribution < -0.4 is 10.1 Å². The number of rotatable bonds is 3. The van der Waals surface area contributed by atoms with Crippen LogP contribution in [0.2, 0.25) is 0 Å². The minimum absolute atomic E-state index is 0.0134. The smallest absolute Gasteiger partial charge is 0.266 e. The summed E-state index contributed by atoms with van der Waals surface area (Å²) >= 11 is 4.64. The molecule has 0 unspecified atom stereocenters. The highest BCUT2D eigenvalue weighted by Gasteiger charge is 2.12. The summed E-state index contributed by atoms with van der Waals surface area (Å²) in [7, 11) is 1.47. The molecule has 0 fully saturated rings. The second-order valence-electron chi connectivity index (χ2n) is 3.44. The van der Waals surface area contributed by atoms with Crippen LogP contribution in [-0.4, -0.2) is 18.1 Å². The average molecular weight is 328 g/mol. The van der Waals surface area contributed by atoms with Gasteiger partial charge in [0.05, 0.1) is 7.11 Å². The standard InChI is InChI=1S/C12H10BrNO3S/c1-17-10-3-2-7(6-9(10)15)14-12(16)11-8(13)4-5-18-11/h2-6,15H,1H3,(H,14,16).